The van der Waals surface area contributed by atoms with Gasteiger partial charge in [-0.05, 0) is 51.6 Å². The number of nitrogens with zero attached hydrogens (tertiary/aromatic N) is 6. The molecule has 2 aliphatic heterocycles. The van der Waals surface area contributed by atoms with E-state index in [2.05, 4.69) is 26.4 Å². The van der Waals surface area contributed by atoms with Gasteiger partial charge in [0, 0.05) is 36.9 Å². The monoisotopic (exact) mass is 606 g/mol. The number of piperazine rings is 1. The van der Waals surface area contributed by atoms with Crippen molar-refractivity contribution in [2.24, 2.45) is 0 Å². The standard InChI is InChI=1S/C29H31F5N6O3/c1-16(30)27(42)40-11-10-39(14-19(40)13-29(32,33)34)26-25-22(36-28(37-26)43-15-18-6-5-9-38(18)3)12-20(17(2)35-25)24-21(31)7-4-8-23(24)41/h4,7-8,12,18-19,41H,1,5-6,9-11,13-15H2,2-3H3/t18-,19-/m0/s1. The van der Waals surface area contributed by atoms with Gasteiger partial charge in [-0.25, -0.2) is 13.8 Å². The van der Waals surface area contributed by atoms with E-state index in [4.69, 9.17) is 4.74 Å². The van der Waals surface area contributed by atoms with Crippen molar-refractivity contribution < 1.29 is 36.6 Å². The van der Waals surface area contributed by atoms with Gasteiger partial charge in [-0.2, -0.15) is 23.1 Å². The summed E-state index contributed by atoms with van der Waals surface area (Å²) in [5.74, 6) is -3.36. The molecule has 1 aromatic carbocycles. The van der Waals surface area contributed by atoms with E-state index in [-0.39, 0.29) is 72.0 Å². The number of amides is 1. The van der Waals surface area contributed by atoms with Gasteiger partial charge in [-0.1, -0.05) is 12.6 Å². The van der Waals surface area contributed by atoms with Gasteiger partial charge in [0.05, 0.1) is 23.5 Å². The number of carbonyl (C=O) groups excluding carboxylic acids is 1. The summed E-state index contributed by atoms with van der Waals surface area (Å²) >= 11 is 0. The van der Waals surface area contributed by atoms with Gasteiger partial charge in [0.15, 0.2) is 11.6 Å². The number of halogens is 5. The first-order chi connectivity index (χ1) is 20.3. The lowest BCUT2D eigenvalue weighted by Gasteiger charge is -2.42. The maximum atomic E-state index is 14.8. The van der Waals surface area contributed by atoms with Crippen LogP contribution >= 0.6 is 0 Å². The van der Waals surface area contributed by atoms with E-state index in [1.165, 1.54) is 29.2 Å². The number of aryl methyl sites for hydroxylation is 1. The van der Waals surface area contributed by atoms with Crippen molar-refractivity contribution in [3.63, 3.8) is 0 Å². The Balaban J connectivity index is 1.58. The average molecular weight is 607 g/mol. The molecule has 1 amide bonds. The molecule has 2 fully saturated rings. The van der Waals surface area contributed by atoms with Gasteiger partial charge in [0.1, 0.15) is 23.7 Å². The molecule has 0 saturated carbocycles. The number of phenolic OH excluding ortho intramolecular Hbond substituents is 1. The number of hydrogen-bond acceptors (Lipinski definition) is 8. The third-order valence-corrected chi connectivity index (χ3v) is 7.90. The summed E-state index contributed by atoms with van der Waals surface area (Å²) in [6, 6.07) is 4.06. The van der Waals surface area contributed by atoms with Gasteiger partial charge in [-0.3, -0.25) is 4.79 Å². The van der Waals surface area contributed by atoms with Crippen LogP contribution in [0.4, 0.5) is 27.8 Å². The van der Waals surface area contributed by atoms with Crippen LogP contribution in [0, 0.1) is 12.7 Å². The van der Waals surface area contributed by atoms with E-state index < -0.39 is 36.2 Å². The quantitative estimate of drug-likeness (QED) is 0.304. The molecule has 4 heterocycles. The fraction of sp³-hybridized carbons (Fsp3) is 0.448. The topological polar surface area (TPSA) is 94.9 Å². The van der Waals surface area contributed by atoms with Crippen molar-refractivity contribution in [3.05, 3.63) is 48.2 Å². The number of phenols is 1. The zero-order valence-electron chi connectivity index (χ0n) is 23.7. The Labute approximate surface area is 244 Å². The van der Waals surface area contributed by atoms with Crippen LogP contribution in [-0.2, 0) is 4.79 Å². The highest BCUT2D eigenvalue weighted by Gasteiger charge is 2.41. The molecule has 0 aliphatic carbocycles. The van der Waals surface area contributed by atoms with Crippen molar-refractivity contribution >= 4 is 22.8 Å². The van der Waals surface area contributed by atoms with Crippen LogP contribution in [0.2, 0.25) is 0 Å². The van der Waals surface area contributed by atoms with Gasteiger partial charge < -0.3 is 24.5 Å². The molecule has 0 spiro atoms. The van der Waals surface area contributed by atoms with Crippen molar-refractivity contribution in [1.82, 2.24) is 24.8 Å². The van der Waals surface area contributed by atoms with E-state index in [0.717, 1.165) is 24.3 Å². The largest absolute Gasteiger partial charge is 0.507 e. The summed E-state index contributed by atoms with van der Waals surface area (Å²) in [6.45, 7) is 5.19. The second-order valence-corrected chi connectivity index (χ2v) is 10.9. The second-order valence-electron chi connectivity index (χ2n) is 10.9. The Morgan fingerprint density at radius 3 is 2.58 bits per heavy atom. The van der Waals surface area contributed by atoms with E-state index in [9.17, 15) is 31.9 Å². The molecule has 0 bridgehead atoms. The SMILES string of the molecule is C=C(F)C(=O)N1CCN(c2nc(OC[C@@H]3CCCN3C)nc3cc(-c4c(O)cccc4F)c(C)nc23)C[C@@H]1CC(F)(F)F. The smallest absolute Gasteiger partial charge is 0.391 e. The Bertz CT molecular complexity index is 1530. The summed E-state index contributed by atoms with van der Waals surface area (Å²) in [5, 5.41) is 10.4. The Kier molecular flexibility index (Phi) is 8.41. The number of pyridine rings is 1. The van der Waals surface area contributed by atoms with Crippen LogP contribution < -0.4 is 9.64 Å². The van der Waals surface area contributed by atoms with E-state index in [1.54, 1.807) is 6.92 Å². The van der Waals surface area contributed by atoms with Gasteiger partial charge in [0.2, 0.25) is 0 Å². The van der Waals surface area contributed by atoms with Crippen LogP contribution in [-0.4, -0.2) is 93.9 Å². The Morgan fingerprint density at radius 2 is 1.93 bits per heavy atom. The van der Waals surface area contributed by atoms with Crippen molar-refractivity contribution in [2.75, 3.05) is 44.7 Å². The minimum atomic E-state index is -4.63. The number of aromatic hydroxyl groups is 1. The van der Waals surface area contributed by atoms with Crippen LogP contribution in [0.15, 0.2) is 36.7 Å². The van der Waals surface area contributed by atoms with Gasteiger partial charge in [-0.15, -0.1) is 0 Å². The molecule has 2 saturated heterocycles. The number of alkyl halides is 3. The second kappa shape index (κ2) is 11.9. The molecule has 0 unspecified atom stereocenters. The fourth-order valence-electron chi connectivity index (χ4n) is 5.71. The number of anilines is 1. The number of ether oxygens (including phenoxy) is 1. The van der Waals surface area contributed by atoms with Crippen LogP contribution in [0.3, 0.4) is 0 Å². The highest BCUT2D eigenvalue weighted by Crippen LogP contribution is 2.37. The zero-order valence-corrected chi connectivity index (χ0v) is 23.7. The number of carbonyl (C=O) groups is 1. The molecule has 2 aliphatic rings. The van der Waals surface area contributed by atoms with Crippen LogP contribution in [0.1, 0.15) is 25.0 Å². The third-order valence-electron chi connectivity index (χ3n) is 7.90. The van der Waals surface area contributed by atoms with Crippen LogP contribution in [0.5, 0.6) is 11.8 Å². The molecule has 9 nitrogen and oxygen atoms in total. The molecular formula is C29H31F5N6O3. The summed E-state index contributed by atoms with van der Waals surface area (Å²) in [7, 11) is 1.97. The van der Waals surface area contributed by atoms with Crippen molar-refractivity contribution in [3.8, 4) is 22.9 Å². The number of benzene rings is 1. The number of likely N-dealkylation sites (N-methyl/N-ethyl adjacent to an activating group) is 1. The number of rotatable bonds is 7. The fourth-order valence-corrected chi connectivity index (χ4v) is 5.71. The Morgan fingerprint density at radius 1 is 1.16 bits per heavy atom. The lowest BCUT2D eigenvalue weighted by atomic mass is 10.0. The molecule has 43 heavy (non-hydrogen) atoms. The van der Waals surface area contributed by atoms with E-state index in [1.807, 2.05) is 7.05 Å². The molecule has 5 rings (SSSR count). The third kappa shape index (κ3) is 6.48. The highest BCUT2D eigenvalue weighted by molar-refractivity contribution is 5.92. The summed E-state index contributed by atoms with van der Waals surface area (Å²) in [5.41, 5.74) is 0.928. The van der Waals surface area contributed by atoms with Crippen molar-refractivity contribution in [1.29, 1.82) is 0 Å². The first-order valence-electron chi connectivity index (χ1n) is 13.8. The zero-order chi connectivity index (χ0) is 31.1. The first-order valence-corrected chi connectivity index (χ1v) is 13.8. The molecule has 230 valence electrons. The lowest BCUT2D eigenvalue weighted by Crippen LogP contribution is -2.56. The predicted octanol–water partition coefficient (Wildman–Crippen LogP) is 4.77. The number of hydrogen-bond donors (Lipinski definition) is 1. The molecule has 14 heteroatoms. The molecule has 2 aromatic heterocycles. The first kappa shape index (κ1) is 30.4. The molecule has 3 aromatic rings. The predicted molar refractivity (Wildman–Crippen MR) is 149 cm³/mol. The maximum Gasteiger partial charge on any atom is 0.391 e. The number of fused-ring (bicyclic) bond motifs is 1. The van der Waals surface area contributed by atoms with Gasteiger partial charge in [0.25, 0.3) is 5.91 Å². The minimum Gasteiger partial charge on any atom is -0.507 e. The summed E-state index contributed by atoms with van der Waals surface area (Å²) in [6.07, 6.45) is -4.10. The van der Waals surface area contributed by atoms with E-state index in [0.29, 0.717) is 5.69 Å². The maximum absolute atomic E-state index is 14.8. The molecule has 1 N–H and O–H groups in total. The minimum absolute atomic E-state index is 0.0148. The van der Waals surface area contributed by atoms with Crippen molar-refractivity contribution in [2.45, 2.75) is 44.4 Å². The van der Waals surface area contributed by atoms with E-state index >= 15 is 0 Å². The number of aromatic nitrogens is 3. The lowest BCUT2D eigenvalue weighted by molar-refractivity contribution is -0.154. The normalized spacial score (nSPS) is 19.7. The molecule has 0 radical (unpaired) electrons. The molecular weight excluding hydrogens is 575 g/mol. The molecule has 2 atom stereocenters. The number of likely N-dealkylation sites (tertiary alicyclic amines) is 1. The summed E-state index contributed by atoms with van der Waals surface area (Å²) < 4.78 is 75.1. The van der Waals surface area contributed by atoms with Crippen LogP contribution in [0.25, 0.3) is 22.2 Å². The summed E-state index contributed by atoms with van der Waals surface area (Å²) in [4.78, 5) is 30.5. The average Bonchev–Trinajstić information content (AvgIpc) is 3.35. The Hall–Kier alpha value is -4.07. The highest BCUT2D eigenvalue weighted by atomic mass is 19.4. The van der Waals surface area contributed by atoms with Gasteiger partial charge >= 0.3 is 12.2 Å².